The molecule has 9 heteroatoms. The Labute approximate surface area is 226 Å². The molecule has 1 saturated heterocycles. The maximum atomic E-state index is 13.5. The van der Waals surface area contributed by atoms with Gasteiger partial charge < -0.3 is 24.0 Å². The SMILES string of the molecule is COc1ccc([C@H]2c3ccsc3CCN2CC(=O)N2CCN(C(=O)c3ccc4c(c3)OCO4)[C@@H](C)C2)cc1. The zero-order valence-electron chi connectivity index (χ0n) is 21.6. The smallest absolute Gasteiger partial charge is 0.254 e. The van der Waals surface area contributed by atoms with Gasteiger partial charge in [0.15, 0.2) is 11.5 Å². The lowest BCUT2D eigenvalue weighted by atomic mass is 9.93. The van der Waals surface area contributed by atoms with Crippen LogP contribution in [0.15, 0.2) is 53.9 Å². The first-order chi connectivity index (χ1) is 18.5. The number of methoxy groups -OCH3 is 1. The van der Waals surface area contributed by atoms with Gasteiger partial charge in [0.2, 0.25) is 12.7 Å². The maximum absolute atomic E-state index is 13.5. The third kappa shape index (κ3) is 4.61. The van der Waals surface area contributed by atoms with Crippen molar-refractivity contribution in [3.8, 4) is 17.2 Å². The molecule has 8 nitrogen and oxygen atoms in total. The van der Waals surface area contributed by atoms with Crippen molar-refractivity contribution < 1.29 is 23.8 Å². The van der Waals surface area contributed by atoms with E-state index in [1.165, 1.54) is 10.4 Å². The lowest BCUT2D eigenvalue weighted by molar-refractivity contribution is -0.135. The summed E-state index contributed by atoms with van der Waals surface area (Å²) in [6, 6.07) is 15.6. The normalized spacial score (nSPS) is 20.8. The standard InChI is InChI=1S/C29H31N3O5S/c1-19-16-30(12-13-32(19)29(34)21-5-8-24-25(15-21)37-18-36-24)27(33)17-31-11-9-26-23(10-14-38-26)28(31)20-3-6-22(35-2)7-4-20/h3-8,10,14-15,19,28H,9,11-13,16-18H2,1-2H3/t19-,28-/m0/s1. The molecule has 3 aliphatic heterocycles. The van der Waals surface area contributed by atoms with Gasteiger partial charge in [0.25, 0.3) is 5.91 Å². The number of hydrogen-bond acceptors (Lipinski definition) is 7. The van der Waals surface area contributed by atoms with Crippen molar-refractivity contribution in [1.29, 1.82) is 0 Å². The Morgan fingerprint density at radius 1 is 1.03 bits per heavy atom. The number of amides is 2. The molecule has 0 N–H and O–H groups in total. The van der Waals surface area contributed by atoms with Gasteiger partial charge in [-0.1, -0.05) is 12.1 Å². The van der Waals surface area contributed by atoms with E-state index < -0.39 is 0 Å². The molecule has 2 atom stereocenters. The molecule has 3 aliphatic rings. The molecule has 198 valence electrons. The molecule has 4 heterocycles. The summed E-state index contributed by atoms with van der Waals surface area (Å²) in [6.07, 6.45) is 0.946. The number of ether oxygens (including phenoxy) is 3. The quantitative estimate of drug-likeness (QED) is 0.497. The highest BCUT2D eigenvalue weighted by atomic mass is 32.1. The van der Waals surface area contributed by atoms with E-state index in [0.717, 1.165) is 24.3 Å². The van der Waals surface area contributed by atoms with Crippen LogP contribution in [0.2, 0.25) is 0 Å². The van der Waals surface area contributed by atoms with Crippen LogP contribution in [0, 0.1) is 0 Å². The summed E-state index contributed by atoms with van der Waals surface area (Å²) in [5.74, 6) is 2.12. The minimum atomic E-state index is -0.0900. The number of hydrogen-bond donors (Lipinski definition) is 0. The molecular formula is C29H31N3O5S. The Morgan fingerprint density at radius 2 is 1.84 bits per heavy atom. The number of benzene rings is 2. The number of carbonyl (C=O) groups excluding carboxylic acids is 2. The fourth-order valence-corrected chi connectivity index (χ4v) is 6.57. The van der Waals surface area contributed by atoms with E-state index in [4.69, 9.17) is 14.2 Å². The third-order valence-electron chi connectivity index (χ3n) is 7.70. The lowest BCUT2D eigenvalue weighted by Crippen LogP contribution is -2.57. The van der Waals surface area contributed by atoms with Gasteiger partial charge in [0.1, 0.15) is 5.75 Å². The second kappa shape index (κ2) is 10.3. The van der Waals surface area contributed by atoms with E-state index in [1.807, 2.05) is 28.9 Å². The summed E-state index contributed by atoms with van der Waals surface area (Å²) >= 11 is 1.79. The molecule has 0 bridgehead atoms. The molecule has 0 aliphatic carbocycles. The second-order valence-electron chi connectivity index (χ2n) is 9.95. The summed E-state index contributed by atoms with van der Waals surface area (Å²) in [5.41, 5.74) is 3.01. The van der Waals surface area contributed by atoms with E-state index in [1.54, 1.807) is 36.6 Å². The van der Waals surface area contributed by atoms with Crippen LogP contribution in [0.5, 0.6) is 17.2 Å². The van der Waals surface area contributed by atoms with Gasteiger partial charge in [-0.2, -0.15) is 0 Å². The fourth-order valence-electron chi connectivity index (χ4n) is 5.67. The van der Waals surface area contributed by atoms with Crippen molar-refractivity contribution in [2.75, 3.05) is 46.6 Å². The summed E-state index contributed by atoms with van der Waals surface area (Å²) in [4.78, 5) is 34.2. The van der Waals surface area contributed by atoms with Crippen molar-refractivity contribution in [3.05, 3.63) is 75.5 Å². The van der Waals surface area contributed by atoms with E-state index in [2.05, 4.69) is 28.5 Å². The number of carbonyl (C=O) groups is 2. The first-order valence-corrected chi connectivity index (χ1v) is 13.8. The number of fused-ring (bicyclic) bond motifs is 2. The van der Waals surface area contributed by atoms with Crippen molar-refractivity contribution in [1.82, 2.24) is 14.7 Å². The molecular weight excluding hydrogens is 502 g/mol. The average Bonchev–Trinajstić information content (AvgIpc) is 3.62. The van der Waals surface area contributed by atoms with E-state index in [0.29, 0.717) is 43.2 Å². The van der Waals surface area contributed by atoms with Gasteiger partial charge >= 0.3 is 0 Å². The fraction of sp³-hybridized carbons (Fsp3) is 0.379. The van der Waals surface area contributed by atoms with Crippen LogP contribution < -0.4 is 14.2 Å². The largest absolute Gasteiger partial charge is 0.497 e. The second-order valence-corrected chi connectivity index (χ2v) is 11.0. The number of thiophene rings is 1. The summed E-state index contributed by atoms with van der Waals surface area (Å²) < 4.78 is 16.2. The molecule has 0 saturated carbocycles. The van der Waals surface area contributed by atoms with Gasteiger partial charge in [0.05, 0.1) is 19.7 Å². The monoisotopic (exact) mass is 533 g/mol. The molecule has 2 amide bonds. The molecule has 1 aromatic heterocycles. The van der Waals surface area contributed by atoms with Crippen LogP contribution >= 0.6 is 11.3 Å². The van der Waals surface area contributed by atoms with Crippen LogP contribution in [0.25, 0.3) is 0 Å². The van der Waals surface area contributed by atoms with Gasteiger partial charge in [-0.15, -0.1) is 11.3 Å². The minimum absolute atomic E-state index is 0.0335. The molecule has 38 heavy (non-hydrogen) atoms. The number of piperazine rings is 1. The highest BCUT2D eigenvalue weighted by molar-refractivity contribution is 7.10. The van der Waals surface area contributed by atoms with Gasteiger partial charge in [-0.05, 0) is 66.2 Å². The Bertz CT molecular complexity index is 1340. The molecule has 1 fully saturated rings. The molecule has 0 unspecified atom stereocenters. The van der Waals surface area contributed by atoms with Crippen LogP contribution in [-0.2, 0) is 11.2 Å². The minimum Gasteiger partial charge on any atom is -0.497 e. The molecule has 0 radical (unpaired) electrons. The van der Waals surface area contributed by atoms with Crippen LogP contribution in [0.1, 0.15) is 39.3 Å². The summed E-state index contributed by atoms with van der Waals surface area (Å²) in [5, 5.41) is 2.14. The zero-order chi connectivity index (χ0) is 26.2. The molecule has 6 rings (SSSR count). The first-order valence-electron chi connectivity index (χ1n) is 12.9. The number of rotatable bonds is 5. The van der Waals surface area contributed by atoms with E-state index in [9.17, 15) is 9.59 Å². The van der Waals surface area contributed by atoms with Crippen molar-refractivity contribution >= 4 is 23.2 Å². The topological polar surface area (TPSA) is 71.6 Å². The predicted molar refractivity (Wildman–Crippen MR) is 144 cm³/mol. The predicted octanol–water partition coefficient (Wildman–Crippen LogP) is 3.81. The molecule has 0 spiro atoms. The van der Waals surface area contributed by atoms with Gasteiger partial charge in [0, 0.05) is 42.7 Å². The maximum Gasteiger partial charge on any atom is 0.254 e. The Morgan fingerprint density at radius 3 is 2.63 bits per heavy atom. The zero-order valence-corrected chi connectivity index (χ0v) is 22.4. The summed E-state index contributed by atoms with van der Waals surface area (Å²) in [6.45, 7) is 4.88. The van der Waals surface area contributed by atoms with Crippen LogP contribution in [-0.4, -0.2) is 79.2 Å². The van der Waals surface area contributed by atoms with Crippen molar-refractivity contribution in [2.45, 2.75) is 25.4 Å². The Balaban J connectivity index is 1.13. The third-order valence-corrected chi connectivity index (χ3v) is 8.69. The van der Waals surface area contributed by atoms with Gasteiger partial charge in [-0.3, -0.25) is 14.5 Å². The Hall–Kier alpha value is -3.56. The van der Waals surface area contributed by atoms with Gasteiger partial charge in [-0.25, -0.2) is 0 Å². The van der Waals surface area contributed by atoms with E-state index in [-0.39, 0.29) is 30.7 Å². The Kier molecular flexibility index (Phi) is 6.71. The number of nitrogens with zero attached hydrogens (tertiary/aromatic N) is 3. The van der Waals surface area contributed by atoms with E-state index >= 15 is 0 Å². The average molecular weight is 534 g/mol. The highest BCUT2D eigenvalue weighted by Gasteiger charge is 2.35. The lowest BCUT2D eigenvalue weighted by Gasteiger charge is -2.42. The first kappa shape index (κ1) is 24.8. The van der Waals surface area contributed by atoms with Crippen molar-refractivity contribution in [2.24, 2.45) is 0 Å². The molecule has 3 aromatic rings. The van der Waals surface area contributed by atoms with Crippen molar-refractivity contribution in [3.63, 3.8) is 0 Å². The highest BCUT2D eigenvalue weighted by Crippen LogP contribution is 2.38. The van der Waals surface area contributed by atoms with Crippen LogP contribution in [0.3, 0.4) is 0 Å². The van der Waals surface area contributed by atoms with Crippen LogP contribution in [0.4, 0.5) is 0 Å². The molecule has 2 aromatic carbocycles. The summed E-state index contributed by atoms with van der Waals surface area (Å²) in [7, 11) is 1.67.